The lowest BCUT2D eigenvalue weighted by Gasteiger charge is -2.44. The van der Waals surface area contributed by atoms with Crippen molar-refractivity contribution in [1.82, 2.24) is 20.0 Å². The van der Waals surface area contributed by atoms with E-state index in [9.17, 15) is 9.59 Å². The van der Waals surface area contributed by atoms with Crippen molar-refractivity contribution in [2.75, 3.05) is 38.6 Å². The molecule has 0 aromatic carbocycles. The third-order valence-electron chi connectivity index (χ3n) is 4.35. The van der Waals surface area contributed by atoms with Crippen molar-refractivity contribution in [2.45, 2.75) is 12.5 Å². The minimum absolute atomic E-state index is 0.00428. The molecule has 2 aliphatic heterocycles. The Balaban J connectivity index is 1.60. The maximum atomic E-state index is 12.2. The van der Waals surface area contributed by atoms with Crippen LogP contribution < -0.4 is 4.90 Å². The standard InChI is InChI=1S/C15H18N6O2/c1-19(2)15(23)11-4-14(22)21(7-11)12-8-20(9-12)13-3-10(5-16)6-17-18-13/h3,6,11-12H,4,7-9H2,1-2H3. The summed E-state index contributed by atoms with van der Waals surface area (Å²) in [5, 5.41) is 16.7. The summed E-state index contributed by atoms with van der Waals surface area (Å²) in [5.74, 6) is 0.442. The first-order valence-corrected chi connectivity index (χ1v) is 7.48. The quantitative estimate of drug-likeness (QED) is 0.745. The molecule has 120 valence electrons. The highest BCUT2D eigenvalue weighted by Gasteiger charge is 2.42. The summed E-state index contributed by atoms with van der Waals surface area (Å²) < 4.78 is 0. The molecular formula is C15H18N6O2. The fourth-order valence-corrected chi connectivity index (χ4v) is 3.03. The van der Waals surface area contributed by atoms with Gasteiger partial charge in [0.2, 0.25) is 11.8 Å². The molecule has 2 amide bonds. The van der Waals surface area contributed by atoms with Gasteiger partial charge in [-0.05, 0) is 0 Å². The van der Waals surface area contributed by atoms with Crippen LogP contribution in [0.4, 0.5) is 5.82 Å². The van der Waals surface area contributed by atoms with E-state index in [0.717, 1.165) is 0 Å². The smallest absolute Gasteiger partial charge is 0.227 e. The summed E-state index contributed by atoms with van der Waals surface area (Å²) in [5.41, 5.74) is 0.465. The van der Waals surface area contributed by atoms with Gasteiger partial charge in [-0.1, -0.05) is 0 Å². The van der Waals surface area contributed by atoms with E-state index in [2.05, 4.69) is 10.2 Å². The predicted molar refractivity (Wildman–Crippen MR) is 81.3 cm³/mol. The van der Waals surface area contributed by atoms with Gasteiger partial charge in [-0.3, -0.25) is 9.59 Å². The lowest BCUT2D eigenvalue weighted by Crippen LogP contribution is -2.60. The van der Waals surface area contributed by atoms with Gasteiger partial charge in [0, 0.05) is 46.2 Å². The predicted octanol–water partition coefficient (Wildman–Crippen LogP) is -0.526. The molecule has 23 heavy (non-hydrogen) atoms. The monoisotopic (exact) mass is 314 g/mol. The van der Waals surface area contributed by atoms with Crippen LogP contribution in [0.1, 0.15) is 12.0 Å². The molecule has 8 nitrogen and oxygen atoms in total. The zero-order valence-corrected chi connectivity index (χ0v) is 13.1. The highest BCUT2D eigenvalue weighted by atomic mass is 16.2. The number of hydrogen-bond acceptors (Lipinski definition) is 6. The number of anilines is 1. The SMILES string of the molecule is CN(C)C(=O)C1CC(=O)N(C2CN(c3cc(C#N)cnn3)C2)C1. The van der Waals surface area contributed by atoms with E-state index in [4.69, 9.17) is 5.26 Å². The molecule has 0 radical (unpaired) electrons. The van der Waals surface area contributed by atoms with Crippen molar-refractivity contribution >= 4 is 17.6 Å². The summed E-state index contributed by atoms with van der Waals surface area (Å²) in [7, 11) is 3.42. The van der Waals surface area contributed by atoms with Crippen molar-refractivity contribution in [3.05, 3.63) is 17.8 Å². The van der Waals surface area contributed by atoms with Crippen molar-refractivity contribution in [3.8, 4) is 6.07 Å². The van der Waals surface area contributed by atoms with Crippen molar-refractivity contribution in [1.29, 1.82) is 5.26 Å². The Morgan fingerprint density at radius 2 is 2.13 bits per heavy atom. The Labute approximate surface area is 134 Å². The number of aromatic nitrogens is 2. The Hall–Kier alpha value is -2.69. The van der Waals surface area contributed by atoms with Crippen LogP contribution >= 0.6 is 0 Å². The van der Waals surface area contributed by atoms with Gasteiger partial charge in [0.1, 0.15) is 6.07 Å². The van der Waals surface area contributed by atoms with Crippen LogP contribution in [0.3, 0.4) is 0 Å². The minimum atomic E-state index is -0.242. The number of rotatable bonds is 3. The molecule has 0 aliphatic carbocycles. The highest BCUT2D eigenvalue weighted by Crippen LogP contribution is 2.28. The fraction of sp³-hybridized carbons (Fsp3) is 0.533. The average Bonchev–Trinajstić information content (AvgIpc) is 2.87. The van der Waals surface area contributed by atoms with Gasteiger partial charge in [-0.25, -0.2) is 0 Å². The van der Waals surface area contributed by atoms with E-state index in [1.807, 2.05) is 11.0 Å². The molecule has 0 spiro atoms. The van der Waals surface area contributed by atoms with Gasteiger partial charge in [0.15, 0.2) is 5.82 Å². The summed E-state index contributed by atoms with van der Waals surface area (Å²) in [6, 6.07) is 3.82. The molecule has 2 fully saturated rings. The zero-order chi connectivity index (χ0) is 16.6. The Morgan fingerprint density at radius 3 is 2.78 bits per heavy atom. The number of likely N-dealkylation sites (tertiary alicyclic amines) is 1. The van der Waals surface area contributed by atoms with Gasteiger partial charge in [-0.2, -0.15) is 10.4 Å². The first-order valence-electron chi connectivity index (χ1n) is 7.48. The van der Waals surface area contributed by atoms with Crippen LogP contribution in [0.15, 0.2) is 12.3 Å². The van der Waals surface area contributed by atoms with E-state index < -0.39 is 0 Å². The van der Waals surface area contributed by atoms with E-state index in [1.54, 1.807) is 25.1 Å². The van der Waals surface area contributed by atoms with Gasteiger partial charge < -0.3 is 14.7 Å². The maximum Gasteiger partial charge on any atom is 0.227 e. The Kier molecular flexibility index (Phi) is 3.86. The first kappa shape index (κ1) is 15.2. The van der Waals surface area contributed by atoms with Crippen LogP contribution in [0, 0.1) is 17.2 Å². The first-order chi connectivity index (χ1) is 11.0. The molecule has 3 heterocycles. The van der Waals surface area contributed by atoms with E-state index in [0.29, 0.717) is 31.0 Å². The van der Waals surface area contributed by atoms with Gasteiger partial charge >= 0.3 is 0 Å². The molecule has 1 unspecified atom stereocenters. The zero-order valence-electron chi connectivity index (χ0n) is 13.1. The molecule has 1 aromatic heterocycles. The van der Waals surface area contributed by atoms with Crippen LogP contribution in [-0.4, -0.2) is 71.6 Å². The summed E-state index contributed by atoms with van der Waals surface area (Å²) >= 11 is 0. The second-order valence-corrected chi connectivity index (χ2v) is 6.15. The average molecular weight is 314 g/mol. The lowest BCUT2D eigenvalue weighted by atomic mass is 10.1. The Morgan fingerprint density at radius 1 is 1.39 bits per heavy atom. The van der Waals surface area contributed by atoms with Crippen LogP contribution in [0.25, 0.3) is 0 Å². The lowest BCUT2D eigenvalue weighted by molar-refractivity contribution is -0.133. The minimum Gasteiger partial charge on any atom is -0.351 e. The molecule has 0 N–H and O–H groups in total. The molecule has 3 rings (SSSR count). The molecule has 2 aliphatic rings. The molecular weight excluding hydrogens is 296 g/mol. The van der Waals surface area contributed by atoms with Crippen molar-refractivity contribution in [2.24, 2.45) is 5.92 Å². The van der Waals surface area contributed by atoms with Crippen molar-refractivity contribution < 1.29 is 9.59 Å². The van der Waals surface area contributed by atoms with E-state index >= 15 is 0 Å². The second kappa shape index (κ2) is 5.83. The number of carbonyl (C=O) groups excluding carboxylic acids is 2. The maximum absolute atomic E-state index is 12.2. The van der Waals surface area contributed by atoms with E-state index in [-0.39, 0.29) is 30.2 Å². The highest BCUT2D eigenvalue weighted by molar-refractivity contribution is 5.89. The molecule has 8 heteroatoms. The van der Waals surface area contributed by atoms with Gasteiger partial charge in [0.05, 0.1) is 23.7 Å². The molecule has 1 aromatic rings. The normalized spacial score (nSPS) is 21.1. The fourth-order valence-electron chi connectivity index (χ4n) is 3.03. The summed E-state index contributed by atoms with van der Waals surface area (Å²) in [4.78, 5) is 29.5. The topological polar surface area (TPSA) is 93.4 Å². The molecule has 2 saturated heterocycles. The molecule has 1 atom stereocenters. The summed E-state index contributed by atoms with van der Waals surface area (Å²) in [6.45, 7) is 1.79. The molecule has 0 bridgehead atoms. The van der Waals surface area contributed by atoms with Gasteiger partial charge in [0.25, 0.3) is 0 Å². The third-order valence-corrected chi connectivity index (χ3v) is 4.35. The van der Waals surface area contributed by atoms with Gasteiger partial charge in [-0.15, -0.1) is 5.10 Å². The number of nitrogens with zero attached hydrogens (tertiary/aromatic N) is 6. The molecule has 0 saturated carbocycles. The Bertz CT molecular complexity index is 677. The van der Waals surface area contributed by atoms with Crippen molar-refractivity contribution in [3.63, 3.8) is 0 Å². The van der Waals surface area contributed by atoms with Crippen LogP contribution in [0.2, 0.25) is 0 Å². The largest absolute Gasteiger partial charge is 0.351 e. The number of carbonyl (C=O) groups is 2. The van der Waals surface area contributed by atoms with E-state index in [1.165, 1.54) is 11.1 Å². The number of hydrogen-bond donors (Lipinski definition) is 0. The third kappa shape index (κ3) is 2.82. The van der Waals surface area contributed by atoms with Crippen LogP contribution in [0.5, 0.6) is 0 Å². The van der Waals surface area contributed by atoms with Crippen LogP contribution in [-0.2, 0) is 9.59 Å². The number of amides is 2. The second-order valence-electron chi connectivity index (χ2n) is 6.15. The number of nitriles is 1. The summed E-state index contributed by atoms with van der Waals surface area (Å²) in [6.07, 6.45) is 1.71.